The number of hydrogen-bond donors (Lipinski definition) is 1. The van der Waals surface area contributed by atoms with E-state index in [0.29, 0.717) is 25.3 Å². The van der Waals surface area contributed by atoms with Gasteiger partial charge in [-0.15, -0.1) is 0 Å². The first kappa shape index (κ1) is 11.5. The highest BCUT2D eigenvalue weighted by atomic mass is 16.3. The molecule has 0 saturated carbocycles. The van der Waals surface area contributed by atoms with Crippen molar-refractivity contribution in [1.29, 1.82) is 0 Å². The summed E-state index contributed by atoms with van der Waals surface area (Å²) in [6.45, 7) is 6.86. The van der Waals surface area contributed by atoms with Gasteiger partial charge in [0, 0.05) is 32.7 Å². The molecule has 0 aromatic heterocycles. The first-order chi connectivity index (χ1) is 6.65. The summed E-state index contributed by atoms with van der Waals surface area (Å²) in [6.07, 6.45) is 1.29. The van der Waals surface area contributed by atoms with Gasteiger partial charge in [0.05, 0.1) is 0 Å². The molecule has 1 amide bonds. The third-order valence-corrected chi connectivity index (χ3v) is 2.32. The second-order valence-corrected chi connectivity index (χ2v) is 4.15. The van der Waals surface area contributed by atoms with E-state index in [-0.39, 0.29) is 12.5 Å². The summed E-state index contributed by atoms with van der Waals surface area (Å²) in [5.74, 6) is 0.761. The second-order valence-electron chi connectivity index (χ2n) is 4.15. The van der Waals surface area contributed by atoms with Crippen LogP contribution in [0.25, 0.3) is 0 Å². The average molecular weight is 200 g/mol. The molecule has 0 aromatic rings. The van der Waals surface area contributed by atoms with Crippen LogP contribution in [0.3, 0.4) is 0 Å². The van der Waals surface area contributed by atoms with Crippen molar-refractivity contribution in [2.75, 3.05) is 26.2 Å². The fourth-order valence-corrected chi connectivity index (χ4v) is 1.73. The van der Waals surface area contributed by atoms with Crippen molar-refractivity contribution in [2.45, 2.75) is 26.7 Å². The van der Waals surface area contributed by atoms with Gasteiger partial charge in [-0.2, -0.15) is 0 Å². The molecule has 14 heavy (non-hydrogen) atoms. The summed E-state index contributed by atoms with van der Waals surface area (Å²) >= 11 is 0. The van der Waals surface area contributed by atoms with Crippen LogP contribution in [0.5, 0.6) is 0 Å². The van der Waals surface area contributed by atoms with Gasteiger partial charge in [-0.25, -0.2) is 5.01 Å². The molecule has 0 aromatic carbocycles. The minimum atomic E-state index is 0.152. The second kappa shape index (κ2) is 5.32. The van der Waals surface area contributed by atoms with Gasteiger partial charge in [0.15, 0.2) is 0 Å². The molecule has 1 rings (SSSR count). The van der Waals surface area contributed by atoms with Gasteiger partial charge in [0.2, 0.25) is 5.91 Å². The Hall–Kier alpha value is -0.610. The molecule has 0 atom stereocenters. The molecule has 82 valence electrons. The Balaban J connectivity index is 2.44. The predicted octanol–water partition coefficient (Wildman–Crippen LogP) is 0.474. The Kier molecular flexibility index (Phi) is 4.35. The molecule has 1 aliphatic heterocycles. The fourth-order valence-electron chi connectivity index (χ4n) is 1.73. The minimum absolute atomic E-state index is 0.152. The predicted molar refractivity (Wildman–Crippen MR) is 54.4 cm³/mol. The van der Waals surface area contributed by atoms with Crippen LogP contribution in [-0.2, 0) is 4.79 Å². The van der Waals surface area contributed by atoms with Gasteiger partial charge in [0.25, 0.3) is 0 Å². The van der Waals surface area contributed by atoms with E-state index < -0.39 is 0 Å². The zero-order valence-corrected chi connectivity index (χ0v) is 9.07. The number of amides is 1. The third kappa shape index (κ3) is 2.96. The van der Waals surface area contributed by atoms with Crippen molar-refractivity contribution in [3.63, 3.8) is 0 Å². The molecule has 0 radical (unpaired) electrons. The SMILES string of the molecule is CC(C)CN1CCC(=O)N1CCCO. The summed E-state index contributed by atoms with van der Waals surface area (Å²) in [4.78, 5) is 11.5. The Morgan fingerprint density at radius 3 is 2.79 bits per heavy atom. The molecule has 1 fully saturated rings. The highest BCUT2D eigenvalue weighted by molar-refractivity contribution is 5.77. The van der Waals surface area contributed by atoms with Crippen molar-refractivity contribution < 1.29 is 9.90 Å². The van der Waals surface area contributed by atoms with Gasteiger partial charge < -0.3 is 5.11 Å². The number of rotatable bonds is 5. The molecule has 0 unspecified atom stereocenters. The summed E-state index contributed by atoms with van der Waals surface area (Å²) < 4.78 is 0. The molecular formula is C10H20N2O2. The van der Waals surface area contributed by atoms with E-state index in [9.17, 15) is 4.79 Å². The molecule has 0 aliphatic carbocycles. The van der Waals surface area contributed by atoms with E-state index in [1.165, 1.54) is 0 Å². The largest absolute Gasteiger partial charge is 0.396 e. The molecule has 1 saturated heterocycles. The van der Waals surface area contributed by atoms with E-state index in [2.05, 4.69) is 18.9 Å². The van der Waals surface area contributed by atoms with E-state index in [1.807, 2.05) is 0 Å². The molecule has 0 spiro atoms. The fraction of sp³-hybridized carbons (Fsp3) is 0.900. The Morgan fingerprint density at radius 1 is 1.50 bits per heavy atom. The molecule has 4 heteroatoms. The average Bonchev–Trinajstić information content (AvgIpc) is 2.44. The number of aliphatic hydroxyl groups is 1. The number of carbonyl (C=O) groups is 1. The quantitative estimate of drug-likeness (QED) is 0.701. The highest BCUT2D eigenvalue weighted by Crippen LogP contribution is 2.14. The lowest BCUT2D eigenvalue weighted by molar-refractivity contribution is -0.138. The lowest BCUT2D eigenvalue weighted by atomic mass is 10.2. The van der Waals surface area contributed by atoms with Gasteiger partial charge in [-0.1, -0.05) is 13.8 Å². The lowest BCUT2D eigenvalue weighted by Gasteiger charge is -2.29. The number of hydrazine groups is 1. The van der Waals surface area contributed by atoms with Crippen molar-refractivity contribution in [1.82, 2.24) is 10.0 Å². The van der Waals surface area contributed by atoms with Crippen LogP contribution < -0.4 is 0 Å². The standard InChI is InChI=1S/C10H20N2O2/c1-9(2)8-11-6-4-10(14)12(11)5-3-7-13/h9,13H,3-8H2,1-2H3. The monoisotopic (exact) mass is 200 g/mol. The smallest absolute Gasteiger partial charge is 0.238 e. The molecule has 1 heterocycles. The first-order valence-electron chi connectivity index (χ1n) is 5.31. The van der Waals surface area contributed by atoms with Crippen molar-refractivity contribution >= 4 is 5.91 Å². The molecule has 4 nitrogen and oxygen atoms in total. The minimum Gasteiger partial charge on any atom is -0.396 e. The van der Waals surface area contributed by atoms with Gasteiger partial charge in [-0.3, -0.25) is 9.80 Å². The molecular weight excluding hydrogens is 180 g/mol. The number of hydrogen-bond acceptors (Lipinski definition) is 3. The molecule has 1 N–H and O–H groups in total. The van der Waals surface area contributed by atoms with Crippen molar-refractivity contribution in [3.8, 4) is 0 Å². The maximum absolute atomic E-state index is 11.5. The van der Waals surface area contributed by atoms with E-state index in [4.69, 9.17) is 5.11 Å². The van der Waals surface area contributed by atoms with E-state index >= 15 is 0 Å². The molecule has 0 bridgehead atoms. The van der Waals surface area contributed by atoms with Gasteiger partial charge in [-0.05, 0) is 12.3 Å². The zero-order valence-electron chi connectivity index (χ0n) is 9.07. The summed E-state index contributed by atoms with van der Waals surface area (Å²) in [5, 5.41) is 12.6. The summed E-state index contributed by atoms with van der Waals surface area (Å²) in [6, 6.07) is 0. The van der Waals surface area contributed by atoms with E-state index in [0.717, 1.165) is 13.1 Å². The van der Waals surface area contributed by atoms with Crippen LogP contribution in [0.1, 0.15) is 26.7 Å². The van der Waals surface area contributed by atoms with Crippen LogP contribution in [0.2, 0.25) is 0 Å². The number of nitrogens with zero attached hydrogens (tertiary/aromatic N) is 2. The molecule has 1 aliphatic rings. The third-order valence-electron chi connectivity index (χ3n) is 2.32. The number of carbonyl (C=O) groups excluding carboxylic acids is 1. The van der Waals surface area contributed by atoms with Crippen LogP contribution in [0.15, 0.2) is 0 Å². The normalized spacial score (nSPS) is 18.6. The Bertz CT molecular complexity index is 195. The maximum atomic E-state index is 11.5. The number of aliphatic hydroxyl groups excluding tert-OH is 1. The Morgan fingerprint density at radius 2 is 2.21 bits per heavy atom. The van der Waals surface area contributed by atoms with Crippen molar-refractivity contribution in [2.24, 2.45) is 5.92 Å². The summed E-state index contributed by atoms with van der Waals surface area (Å²) in [5.41, 5.74) is 0. The lowest BCUT2D eigenvalue weighted by Crippen LogP contribution is -2.41. The Labute approximate surface area is 85.5 Å². The van der Waals surface area contributed by atoms with Crippen LogP contribution >= 0.6 is 0 Å². The maximum Gasteiger partial charge on any atom is 0.238 e. The van der Waals surface area contributed by atoms with Gasteiger partial charge >= 0.3 is 0 Å². The van der Waals surface area contributed by atoms with Gasteiger partial charge in [0.1, 0.15) is 0 Å². The van der Waals surface area contributed by atoms with Crippen molar-refractivity contribution in [3.05, 3.63) is 0 Å². The zero-order chi connectivity index (χ0) is 10.6. The topological polar surface area (TPSA) is 43.8 Å². The first-order valence-corrected chi connectivity index (χ1v) is 5.31. The van der Waals surface area contributed by atoms with E-state index in [1.54, 1.807) is 5.01 Å². The van der Waals surface area contributed by atoms with Crippen LogP contribution in [0, 0.1) is 5.92 Å². The highest BCUT2D eigenvalue weighted by Gasteiger charge is 2.28. The van der Waals surface area contributed by atoms with Crippen LogP contribution in [-0.4, -0.2) is 47.3 Å². The summed E-state index contributed by atoms with van der Waals surface area (Å²) in [7, 11) is 0. The van der Waals surface area contributed by atoms with Crippen LogP contribution in [0.4, 0.5) is 0 Å².